The maximum atomic E-state index is 8.37. The molecule has 0 aliphatic carbocycles. The van der Waals surface area contributed by atoms with E-state index in [1.165, 1.54) is 0 Å². The molecule has 2 nitrogen and oxygen atoms in total. The fourth-order valence-electron chi connectivity index (χ4n) is 1.28. The lowest BCUT2D eigenvalue weighted by Gasteiger charge is -2.03. The van der Waals surface area contributed by atoms with Gasteiger partial charge in [-0.15, -0.1) is 0 Å². The predicted octanol–water partition coefficient (Wildman–Crippen LogP) is 2.76. The fourth-order valence-corrected chi connectivity index (χ4v) is 1.28. The van der Waals surface area contributed by atoms with E-state index in [-0.39, 0.29) is 0 Å². The highest BCUT2D eigenvalue weighted by Crippen LogP contribution is 2.15. The molecule has 2 heteroatoms. The van der Waals surface area contributed by atoms with Gasteiger partial charge in [0, 0.05) is 5.69 Å². The second kappa shape index (κ2) is 5.08. The number of nitrogen functional groups attached to an aromatic ring is 1. The second-order valence-corrected chi connectivity index (χ2v) is 3.08. The summed E-state index contributed by atoms with van der Waals surface area (Å²) in [6.45, 7) is 2.08. The predicted molar refractivity (Wildman–Crippen MR) is 59.5 cm³/mol. The third-order valence-corrected chi connectivity index (χ3v) is 2.07. The minimum atomic E-state index is 0.450. The molecule has 1 rings (SSSR count). The monoisotopic (exact) mass is 186 g/mol. The first-order valence-corrected chi connectivity index (χ1v) is 4.69. The number of nitrogens with two attached hydrogens (primary N) is 1. The summed E-state index contributed by atoms with van der Waals surface area (Å²) in [4.78, 5) is 0. The summed E-state index contributed by atoms with van der Waals surface area (Å²) in [5.41, 5.74) is 8.88. The number of rotatable bonds is 3. The van der Waals surface area contributed by atoms with E-state index in [1.807, 2.05) is 24.3 Å². The Morgan fingerprint density at radius 3 is 2.93 bits per heavy atom. The highest BCUT2D eigenvalue weighted by atomic mass is 14.6. The van der Waals surface area contributed by atoms with Crippen molar-refractivity contribution in [3.05, 3.63) is 35.4 Å². The summed E-state index contributed by atoms with van der Waals surface area (Å²) < 4.78 is 0. The molecule has 0 saturated carbocycles. The van der Waals surface area contributed by atoms with Gasteiger partial charge in [0.2, 0.25) is 0 Å². The van der Waals surface area contributed by atoms with Gasteiger partial charge in [0.1, 0.15) is 0 Å². The van der Waals surface area contributed by atoms with Crippen LogP contribution in [-0.2, 0) is 6.42 Å². The maximum absolute atomic E-state index is 8.37. The van der Waals surface area contributed by atoms with E-state index >= 15 is 0 Å². The Bertz CT molecular complexity index is 372. The molecule has 0 atom stereocenters. The number of hydrogen-bond acceptors (Lipinski definition) is 2. The zero-order chi connectivity index (χ0) is 10.4. The van der Waals surface area contributed by atoms with E-state index < -0.39 is 0 Å². The summed E-state index contributed by atoms with van der Waals surface area (Å²) in [6.07, 6.45) is 5.18. The fraction of sp³-hybridized carbons (Fsp3) is 0.250. The Labute approximate surface area is 84.7 Å². The van der Waals surface area contributed by atoms with Crippen molar-refractivity contribution in [3.63, 3.8) is 0 Å². The van der Waals surface area contributed by atoms with Crippen LogP contribution < -0.4 is 5.73 Å². The molecule has 14 heavy (non-hydrogen) atoms. The minimum absolute atomic E-state index is 0.450. The van der Waals surface area contributed by atoms with E-state index in [9.17, 15) is 0 Å². The van der Waals surface area contributed by atoms with Crippen LogP contribution in [0.5, 0.6) is 0 Å². The lowest BCUT2D eigenvalue weighted by molar-refractivity contribution is 1.14. The number of nitriles is 1. The Balaban J connectivity index is 2.85. The number of anilines is 1. The molecule has 1 aromatic carbocycles. The topological polar surface area (TPSA) is 49.8 Å². The zero-order valence-electron chi connectivity index (χ0n) is 8.33. The van der Waals surface area contributed by atoms with Crippen LogP contribution in [0.25, 0.3) is 6.08 Å². The van der Waals surface area contributed by atoms with Crippen LogP contribution in [0, 0.1) is 11.3 Å². The minimum Gasteiger partial charge on any atom is -0.399 e. The summed E-state index contributed by atoms with van der Waals surface area (Å²) in [5, 5.41) is 8.37. The summed E-state index contributed by atoms with van der Waals surface area (Å²) in [5.74, 6) is 0. The van der Waals surface area contributed by atoms with Crippen molar-refractivity contribution in [3.8, 4) is 6.07 Å². The maximum Gasteiger partial charge on any atom is 0.0663 e. The van der Waals surface area contributed by atoms with Crippen molar-refractivity contribution in [1.29, 1.82) is 5.26 Å². The third-order valence-electron chi connectivity index (χ3n) is 2.07. The first kappa shape index (κ1) is 10.3. The Kier molecular flexibility index (Phi) is 3.75. The normalized spacial score (nSPS) is 10.3. The van der Waals surface area contributed by atoms with Gasteiger partial charge >= 0.3 is 0 Å². The SMILES string of the molecule is CCc1cc(C=CCC#N)ccc1N. The molecular formula is C12H14N2. The van der Waals surface area contributed by atoms with Crippen LogP contribution in [0.3, 0.4) is 0 Å². The average Bonchev–Trinajstić information content (AvgIpc) is 2.21. The van der Waals surface area contributed by atoms with E-state index in [2.05, 4.69) is 19.1 Å². The number of benzene rings is 1. The van der Waals surface area contributed by atoms with Crippen LogP contribution in [0.15, 0.2) is 24.3 Å². The van der Waals surface area contributed by atoms with Gasteiger partial charge in [-0.25, -0.2) is 0 Å². The molecule has 0 radical (unpaired) electrons. The van der Waals surface area contributed by atoms with Crippen molar-refractivity contribution in [2.24, 2.45) is 0 Å². The van der Waals surface area contributed by atoms with Gasteiger partial charge in [-0.2, -0.15) is 5.26 Å². The standard InChI is InChI=1S/C12H14N2/c1-2-11-9-10(5-3-4-8-13)6-7-12(11)14/h3,5-7,9H,2,4,14H2,1H3. The highest BCUT2D eigenvalue weighted by Gasteiger charge is 1.96. The third kappa shape index (κ3) is 2.63. The molecule has 2 N–H and O–H groups in total. The van der Waals surface area contributed by atoms with E-state index in [0.717, 1.165) is 23.2 Å². The number of allylic oxidation sites excluding steroid dienone is 1. The molecule has 0 fully saturated rings. The van der Waals surface area contributed by atoms with Crippen LogP contribution in [0.2, 0.25) is 0 Å². The smallest absolute Gasteiger partial charge is 0.0663 e. The zero-order valence-corrected chi connectivity index (χ0v) is 8.33. The Morgan fingerprint density at radius 2 is 2.29 bits per heavy atom. The Morgan fingerprint density at radius 1 is 1.50 bits per heavy atom. The van der Waals surface area contributed by atoms with Gasteiger partial charge in [0.25, 0.3) is 0 Å². The second-order valence-electron chi connectivity index (χ2n) is 3.08. The van der Waals surface area contributed by atoms with Crippen LogP contribution in [0.1, 0.15) is 24.5 Å². The molecule has 1 aromatic rings. The highest BCUT2D eigenvalue weighted by molar-refractivity contribution is 5.57. The molecule has 0 aliphatic heterocycles. The van der Waals surface area contributed by atoms with Crippen molar-refractivity contribution in [2.45, 2.75) is 19.8 Å². The Hall–Kier alpha value is -1.75. The number of aryl methyl sites for hydroxylation is 1. The molecule has 0 bridgehead atoms. The molecule has 0 amide bonds. The quantitative estimate of drug-likeness (QED) is 0.738. The van der Waals surface area contributed by atoms with Crippen LogP contribution in [0.4, 0.5) is 5.69 Å². The first-order valence-electron chi connectivity index (χ1n) is 4.69. The molecule has 0 aromatic heterocycles. The number of nitrogens with zero attached hydrogens (tertiary/aromatic N) is 1. The molecule has 0 spiro atoms. The molecule has 72 valence electrons. The van der Waals surface area contributed by atoms with Gasteiger partial charge in [-0.05, 0) is 29.7 Å². The molecular weight excluding hydrogens is 172 g/mol. The molecule has 0 unspecified atom stereocenters. The average molecular weight is 186 g/mol. The molecule has 0 heterocycles. The van der Waals surface area contributed by atoms with Crippen LogP contribution in [-0.4, -0.2) is 0 Å². The molecule has 0 saturated heterocycles. The lowest BCUT2D eigenvalue weighted by Crippen LogP contribution is -1.92. The summed E-state index contributed by atoms with van der Waals surface area (Å²) in [7, 11) is 0. The van der Waals surface area contributed by atoms with Crippen molar-refractivity contribution in [2.75, 3.05) is 5.73 Å². The summed E-state index contributed by atoms with van der Waals surface area (Å²) >= 11 is 0. The van der Waals surface area contributed by atoms with Gasteiger partial charge in [-0.1, -0.05) is 25.1 Å². The van der Waals surface area contributed by atoms with Crippen LogP contribution >= 0.6 is 0 Å². The van der Waals surface area contributed by atoms with E-state index in [0.29, 0.717) is 6.42 Å². The van der Waals surface area contributed by atoms with Gasteiger partial charge in [-0.3, -0.25) is 0 Å². The largest absolute Gasteiger partial charge is 0.399 e. The van der Waals surface area contributed by atoms with Gasteiger partial charge < -0.3 is 5.73 Å². The lowest BCUT2D eigenvalue weighted by atomic mass is 10.1. The molecule has 0 aliphatic rings. The van der Waals surface area contributed by atoms with Gasteiger partial charge in [0.05, 0.1) is 12.5 Å². The van der Waals surface area contributed by atoms with Crippen molar-refractivity contribution in [1.82, 2.24) is 0 Å². The number of hydrogen-bond donors (Lipinski definition) is 1. The summed E-state index contributed by atoms with van der Waals surface area (Å²) in [6, 6.07) is 7.99. The first-order chi connectivity index (χ1) is 6.77. The van der Waals surface area contributed by atoms with E-state index in [1.54, 1.807) is 0 Å². The van der Waals surface area contributed by atoms with Crippen molar-refractivity contribution >= 4 is 11.8 Å². The van der Waals surface area contributed by atoms with Gasteiger partial charge in [0.15, 0.2) is 0 Å². The van der Waals surface area contributed by atoms with Crippen molar-refractivity contribution < 1.29 is 0 Å². The van der Waals surface area contributed by atoms with E-state index in [4.69, 9.17) is 11.0 Å².